The molecule has 0 bridgehead atoms. The highest BCUT2D eigenvalue weighted by molar-refractivity contribution is 7.99. The highest BCUT2D eigenvalue weighted by Gasteiger charge is 2.41. The molecule has 2 aromatic carbocycles. The molecule has 0 amide bonds. The molecule has 0 N–H and O–H groups in total. The van der Waals surface area contributed by atoms with Crippen molar-refractivity contribution in [2.24, 2.45) is 0 Å². The summed E-state index contributed by atoms with van der Waals surface area (Å²) < 4.78 is 17.5. The van der Waals surface area contributed by atoms with Gasteiger partial charge in [-0.2, -0.15) is 0 Å². The fourth-order valence-corrected chi connectivity index (χ4v) is 3.57. The largest absolute Gasteiger partial charge is 0.431 e. The number of halogens is 1. The maximum atomic E-state index is 5.98. The van der Waals surface area contributed by atoms with Gasteiger partial charge >= 0.3 is 0 Å². The number of benzene rings is 2. The number of nitrogens with zero attached hydrogens (tertiary/aromatic N) is 1. The van der Waals surface area contributed by atoms with Crippen molar-refractivity contribution in [1.29, 1.82) is 0 Å². The van der Waals surface area contributed by atoms with Crippen LogP contribution in [0.25, 0.3) is 11.1 Å². The Labute approximate surface area is 136 Å². The molecule has 0 aliphatic carbocycles. The number of hydrogen-bond acceptors (Lipinski definition) is 5. The van der Waals surface area contributed by atoms with E-state index in [9.17, 15) is 0 Å². The van der Waals surface area contributed by atoms with Gasteiger partial charge in [-0.1, -0.05) is 41.9 Å². The van der Waals surface area contributed by atoms with Gasteiger partial charge in [0.15, 0.2) is 5.58 Å². The molecule has 1 aliphatic heterocycles. The average molecular weight is 334 g/mol. The van der Waals surface area contributed by atoms with E-state index in [0.717, 1.165) is 11.1 Å². The number of rotatable bonds is 3. The van der Waals surface area contributed by atoms with Gasteiger partial charge in [-0.25, -0.2) is 4.98 Å². The lowest BCUT2D eigenvalue weighted by molar-refractivity contribution is -0.0822. The highest BCUT2D eigenvalue weighted by atomic mass is 35.5. The third-order valence-electron chi connectivity index (χ3n) is 3.35. The molecule has 0 radical (unpaired) electrons. The number of ether oxygens (including phenoxy) is 2. The number of aromatic nitrogens is 1. The van der Waals surface area contributed by atoms with Gasteiger partial charge in [0, 0.05) is 22.3 Å². The second kappa shape index (κ2) is 5.59. The van der Waals surface area contributed by atoms with Crippen molar-refractivity contribution in [3.05, 3.63) is 59.1 Å². The van der Waals surface area contributed by atoms with Crippen molar-refractivity contribution in [1.82, 2.24) is 4.98 Å². The van der Waals surface area contributed by atoms with Gasteiger partial charge in [0.2, 0.25) is 0 Å². The van der Waals surface area contributed by atoms with Crippen LogP contribution >= 0.6 is 23.4 Å². The highest BCUT2D eigenvalue weighted by Crippen LogP contribution is 2.46. The zero-order chi connectivity index (χ0) is 15.0. The SMILES string of the molecule is Clc1ccc2oc(SC3(c4ccccc4)OCCO3)nc2c1. The van der Waals surface area contributed by atoms with Crippen molar-refractivity contribution in [3.8, 4) is 0 Å². The van der Waals surface area contributed by atoms with Crippen LogP contribution in [0.4, 0.5) is 0 Å². The summed E-state index contributed by atoms with van der Waals surface area (Å²) in [5, 5.41) is 0.206. The minimum atomic E-state index is -0.911. The number of thioether (sulfide) groups is 1. The van der Waals surface area contributed by atoms with Gasteiger partial charge in [0.1, 0.15) is 5.52 Å². The Morgan fingerprint density at radius 2 is 1.82 bits per heavy atom. The average Bonchev–Trinajstić information content (AvgIpc) is 3.15. The summed E-state index contributed by atoms with van der Waals surface area (Å²) in [7, 11) is 0. The van der Waals surface area contributed by atoms with Crippen LogP contribution in [0.3, 0.4) is 0 Å². The molecule has 112 valence electrons. The van der Waals surface area contributed by atoms with Crippen molar-refractivity contribution < 1.29 is 13.9 Å². The zero-order valence-corrected chi connectivity index (χ0v) is 13.1. The summed E-state index contributed by atoms with van der Waals surface area (Å²) in [4.78, 5) is 4.46. The van der Waals surface area contributed by atoms with Crippen LogP contribution in [0.1, 0.15) is 5.56 Å². The molecule has 1 aromatic heterocycles. The minimum Gasteiger partial charge on any atom is -0.431 e. The normalized spacial score (nSPS) is 17.1. The van der Waals surface area contributed by atoms with E-state index in [2.05, 4.69) is 4.98 Å². The second-order valence-electron chi connectivity index (χ2n) is 4.81. The maximum Gasteiger partial charge on any atom is 0.262 e. The molecular formula is C16H12ClNO3S. The second-order valence-corrected chi connectivity index (χ2v) is 6.34. The number of oxazole rings is 1. The van der Waals surface area contributed by atoms with Gasteiger partial charge in [0.25, 0.3) is 10.3 Å². The molecule has 1 fully saturated rings. The third-order valence-corrected chi connectivity index (χ3v) is 4.67. The molecule has 1 saturated heterocycles. The first-order chi connectivity index (χ1) is 10.8. The van der Waals surface area contributed by atoms with E-state index in [1.807, 2.05) is 30.3 Å². The van der Waals surface area contributed by atoms with E-state index in [0.29, 0.717) is 29.0 Å². The van der Waals surface area contributed by atoms with Crippen molar-refractivity contribution in [3.63, 3.8) is 0 Å². The monoisotopic (exact) mass is 333 g/mol. The van der Waals surface area contributed by atoms with Crippen molar-refractivity contribution in [2.75, 3.05) is 13.2 Å². The van der Waals surface area contributed by atoms with Gasteiger partial charge in [0.05, 0.1) is 13.2 Å². The Bertz CT molecular complexity index is 800. The third kappa shape index (κ3) is 2.50. The molecule has 0 atom stereocenters. The summed E-state index contributed by atoms with van der Waals surface area (Å²) in [5.41, 5.74) is 2.34. The van der Waals surface area contributed by atoms with E-state index in [1.165, 1.54) is 11.8 Å². The van der Waals surface area contributed by atoms with Crippen LogP contribution in [0.5, 0.6) is 0 Å². The van der Waals surface area contributed by atoms with E-state index in [1.54, 1.807) is 18.2 Å². The van der Waals surface area contributed by atoms with E-state index in [4.69, 9.17) is 25.5 Å². The van der Waals surface area contributed by atoms with Gasteiger partial charge in [-0.05, 0) is 18.2 Å². The van der Waals surface area contributed by atoms with Crippen molar-refractivity contribution >= 4 is 34.5 Å². The summed E-state index contributed by atoms with van der Waals surface area (Å²) in [6.07, 6.45) is 0. The van der Waals surface area contributed by atoms with Crippen LogP contribution in [0, 0.1) is 0 Å². The Balaban J connectivity index is 1.72. The first-order valence-corrected chi connectivity index (χ1v) is 8.03. The maximum absolute atomic E-state index is 5.98. The van der Waals surface area contributed by atoms with Crippen LogP contribution in [-0.2, 0) is 14.6 Å². The quantitative estimate of drug-likeness (QED) is 0.709. The predicted octanol–water partition coefficient (Wildman–Crippen LogP) is 4.43. The minimum absolute atomic E-state index is 0.489. The Morgan fingerprint density at radius 1 is 1.05 bits per heavy atom. The molecule has 0 spiro atoms. The summed E-state index contributed by atoms with van der Waals surface area (Å²) >= 11 is 7.30. The van der Waals surface area contributed by atoms with E-state index in [-0.39, 0.29) is 0 Å². The number of hydrogen-bond donors (Lipinski definition) is 0. The molecule has 0 unspecified atom stereocenters. The van der Waals surface area contributed by atoms with Gasteiger partial charge in [-0.15, -0.1) is 0 Å². The summed E-state index contributed by atoms with van der Waals surface area (Å²) in [6, 6.07) is 15.2. The lowest BCUT2D eigenvalue weighted by Crippen LogP contribution is -2.22. The van der Waals surface area contributed by atoms with Crippen LogP contribution in [0.15, 0.2) is 58.2 Å². The Kier molecular flexibility index (Phi) is 3.58. The first kappa shape index (κ1) is 14.1. The van der Waals surface area contributed by atoms with Gasteiger partial charge in [-0.3, -0.25) is 0 Å². The Morgan fingerprint density at radius 3 is 2.59 bits per heavy atom. The van der Waals surface area contributed by atoms with Crippen LogP contribution < -0.4 is 0 Å². The summed E-state index contributed by atoms with van der Waals surface area (Å²) in [5.74, 6) is 0. The molecule has 4 rings (SSSR count). The molecule has 3 aromatic rings. The molecule has 0 saturated carbocycles. The zero-order valence-electron chi connectivity index (χ0n) is 11.5. The molecule has 1 aliphatic rings. The molecule has 2 heterocycles. The topological polar surface area (TPSA) is 44.5 Å². The van der Waals surface area contributed by atoms with E-state index >= 15 is 0 Å². The van der Waals surface area contributed by atoms with E-state index < -0.39 is 5.12 Å². The fourth-order valence-electron chi connectivity index (χ4n) is 2.36. The lowest BCUT2D eigenvalue weighted by Gasteiger charge is -2.25. The number of fused-ring (bicyclic) bond motifs is 1. The molecule has 6 heteroatoms. The fraction of sp³-hybridized carbons (Fsp3) is 0.188. The molecule has 22 heavy (non-hydrogen) atoms. The standard InChI is InChI=1S/C16H12ClNO3S/c17-12-6-7-14-13(10-12)18-15(21-14)22-16(19-8-9-20-16)11-4-2-1-3-5-11/h1-7,10H,8-9H2. The smallest absolute Gasteiger partial charge is 0.262 e. The molecular weight excluding hydrogens is 322 g/mol. The van der Waals surface area contributed by atoms with Gasteiger partial charge < -0.3 is 13.9 Å². The predicted molar refractivity (Wildman–Crippen MR) is 84.9 cm³/mol. The Hall–Kier alpha value is -1.53. The van der Waals surface area contributed by atoms with Crippen LogP contribution in [-0.4, -0.2) is 18.2 Å². The molecule has 4 nitrogen and oxygen atoms in total. The van der Waals surface area contributed by atoms with Crippen LogP contribution in [0.2, 0.25) is 5.02 Å². The lowest BCUT2D eigenvalue weighted by atomic mass is 10.2. The first-order valence-electron chi connectivity index (χ1n) is 6.84. The van der Waals surface area contributed by atoms with Crippen molar-refractivity contribution in [2.45, 2.75) is 10.3 Å². The summed E-state index contributed by atoms with van der Waals surface area (Å²) in [6.45, 7) is 1.07.